The Kier molecular flexibility index (Phi) is 5.94. The van der Waals surface area contributed by atoms with Crippen molar-refractivity contribution in [3.63, 3.8) is 0 Å². The van der Waals surface area contributed by atoms with Crippen molar-refractivity contribution in [1.29, 1.82) is 0 Å². The molecule has 23 heavy (non-hydrogen) atoms. The molecule has 0 saturated heterocycles. The maximum absolute atomic E-state index is 13.0. The van der Waals surface area contributed by atoms with Gasteiger partial charge in [0, 0.05) is 24.4 Å². The highest BCUT2D eigenvalue weighted by Gasteiger charge is 2.22. The summed E-state index contributed by atoms with van der Waals surface area (Å²) in [5.41, 5.74) is 11.1. The lowest BCUT2D eigenvalue weighted by molar-refractivity contribution is 0.0118. The third kappa shape index (κ3) is 4.20. The third-order valence-electron chi connectivity index (χ3n) is 3.46. The molecule has 0 saturated carbocycles. The SMILES string of the molecule is CO[C@H](c1ccc(C2=CC=CN(O)C=C2)cc1)[C@@H](CF)N=[N+]=[N-]. The molecule has 1 aromatic carbocycles. The van der Waals surface area contributed by atoms with Gasteiger partial charge in [-0.2, -0.15) is 0 Å². The van der Waals surface area contributed by atoms with Gasteiger partial charge < -0.3 is 4.74 Å². The second-order valence-corrected chi connectivity index (χ2v) is 4.86. The van der Waals surface area contributed by atoms with Gasteiger partial charge in [-0.05, 0) is 34.4 Å². The molecule has 2 atom stereocenters. The lowest BCUT2D eigenvalue weighted by atomic mass is 9.99. The molecule has 0 aromatic heterocycles. The number of azide groups is 1. The highest BCUT2D eigenvalue weighted by atomic mass is 19.1. The Labute approximate surface area is 133 Å². The van der Waals surface area contributed by atoms with Crippen molar-refractivity contribution in [2.45, 2.75) is 12.1 Å². The zero-order chi connectivity index (χ0) is 16.7. The molecule has 1 aliphatic heterocycles. The summed E-state index contributed by atoms with van der Waals surface area (Å²) in [4.78, 5) is 2.66. The van der Waals surface area contributed by atoms with Crippen molar-refractivity contribution in [2.24, 2.45) is 5.11 Å². The quantitative estimate of drug-likeness (QED) is 0.486. The van der Waals surface area contributed by atoms with Gasteiger partial charge in [0.15, 0.2) is 0 Å². The maximum atomic E-state index is 13.0. The molecule has 2 rings (SSSR count). The number of rotatable bonds is 6. The van der Waals surface area contributed by atoms with Crippen molar-refractivity contribution < 1.29 is 14.3 Å². The van der Waals surface area contributed by atoms with E-state index in [1.54, 1.807) is 24.3 Å². The van der Waals surface area contributed by atoms with Gasteiger partial charge in [0.2, 0.25) is 0 Å². The average molecular weight is 316 g/mol. The van der Waals surface area contributed by atoms with Crippen LogP contribution in [0.1, 0.15) is 17.2 Å². The van der Waals surface area contributed by atoms with E-state index in [2.05, 4.69) is 10.0 Å². The molecule has 0 amide bonds. The highest BCUT2D eigenvalue weighted by molar-refractivity contribution is 5.75. The summed E-state index contributed by atoms with van der Waals surface area (Å²) in [5, 5.41) is 13.8. The van der Waals surface area contributed by atoms with Crippen LogP contribution in [0, 0.1) is 0 Å². The molecular weight excluding hydrogens is 299 g/mol. The number of hydroxylamine groups is 2. The van der Waals surface area contributed by atoms with E-state index in [0.29, 0.717) is 0 Å². The second-order valence-electron chi connectivity index (χ2n) is 4.86. The van der Waals surface area contributed by atoms with Crippen LogP contribution in [0.4, 0.5) is 4.39 Å². The molecule has 0 fully saturated rings. The Balaban J connectivity index is 2.24. The number of benzene rings is 1. The van der Waals surface area contributed by atoms with Crippen LogP contribution in [-0.4, -0.2) is 30.1 Å². The van der Waals surface area contributed by atoms with Crippen LogP contribution in [0.3, 0.4) is 0 Å². The summed E-state index contributed by atoms with van der Waals surface area (Å²) in [6.07, 6.45) is 7.76. The van der Waals surface area contributed by atoms with Crippen LogP contribution < -0.4 is 0 Å². The van der Waals surface area contributed by atoms with Crippen molar-refractivity contribution in [3.8, 4) is 0 Å². The van der Waals surface area contributed by atoms with Crippen LogP contribution in [0.5, 0.6) is 0 Å². The van der Waals surface area contributed by atoms with E-state index in [1.807, 2.05) is 18.2 Å². The van der Waals surface area contributed by atoms with Crippen LogP contribution in [0.2, 0.25) is 0 Å². The summed E-state index contributed by atoms with van der Waals surface area (Å²) in [7, 11) is 1.45. The Bertz CT molecular complexity index is 663. The van der Waals surface area contributed by atoms with Gasteiger partial charge in [-0.15, -0.1) is 0 Å². The van der Waals surface area contributed by atoms with E-state index in [0.717, 1.165) is 21.8 Å². The molecule has 0 unspecified atom stereocenters. The zero-order valence-corrected chi connectivity index (χ0v) is 12.6. The molecule has 0 aliphatic carbocycles. The molecule has 0 spiro atoms. The summed E-state index contributed by atoms with van der Waals surface area (Å²) in [5.74, 6) is 0. The first-order chi connectivity index (χ1) is 11.2. The van der Waals surface area contributed by atoms with Gasteiger partial charge in [0.25, 0.3) is 0 Å². The Morgan fingerprint density at radius 1 is 1.35 bits per heavy atom. The summed E-state index contributed by atoms with van der Waals surface area (Å²) >= 11 is 0. The van der Waals surface area contributed by atoms with Gasteiger partial charge in [0.05, 0.1) is 12.1 Å². The van der Waals surface area contributed by atoms with Crippen LogP contribution in [0.25, 0.3) is 16.0 Å². The van der Waals surface area contributed by atoms with E-state index in [9.17, 15) is 9.60 Å². The number of ether oxygens (including phenoxy) is 1. The fourth-order valence-corrected chi connectivity index (χ4v) is 2.31. The highest BCUT2D eigenvalue weighted by Crippen LogP contribution is 2.26. The molecule has 0 bridgehead atoms. The third-order valence-corrected chi connectivity index (χ3v) is 3.46. The molecule has 1 aromatic rings. The molecular formula is C16H17FN4O2. The molecule has 7 heteroatoms. The zero-order valence-electron chi connectivity index (χ0n) is 12.6. The van der Waals surface area contributed by atoms with E-state index >= 15 is 0 Å². The Morgan fingerprint density at radius 3 is 2.70 bits per heavy atom. The van der Waals surface area contributed by atoms with Gasteiger partial charge >= 0.3 is 0 Å². The first kappa shape index (κ1) is 16.8. The largest absolute Gasteiger partial charge is 0.376 e. The van der Waals surface area contributed by atoms with Gasteiger partial charge in [0.1, 0.15) is 6.67 Å². The topological polar surface area (TPSA) is 81.5 Å². The van der Waals surface area contributed by atoms with Crippen molar-refractivity contribution in [2.75, 3.05) is 13.8 Å². The van der Waals surface area contributed by atoms with E-state index in [4.69, 9.17) is 10.3 Å². The lowest BCUT2D eigenvalue weighted by Gasteiger charge is -2.20. The van der Waals surface area contributed by atoms with Gasteiger partial charge in [-0.3, -0.25) is 9.60 Å². The van der Waals surface area contributed by atoms with E-state index < -0.39 is 18.8 Å². The summed E-state index contributed by atoms with van der Waals surface area (Å²) in [6.45, 7) is -0.796. The number of alkyl halides is 1. The fraction of sp³-hybridized carbons (Fsp3) is 0.250. The molecule has 0 radical (unpaired) electrons. The lowest BCUT2D eigenvalue weighted by Crippen LogP contribution is -2.20. The van der Waals surface area contributed by atoms with Crippen LogP contribution >= 0.6 is 0 Å². The predicted molar refractivity (Wildman–Crippen MR) is 85.0 cm³/mol. The minimum absolute atomic E-state index is 0.642. The normalized spacial score (nSPS) is 16.3. The number of halogens is 1. The average Bonchev–Trinajstić information content (AvgIpc) is 2.80. The second kappa shape index (κ2) is 8.14. The fourth-order valence-electron chi connectivity index (χ4n) is 2.31. The van der Waals surface area contributed by atoms with E-state index in [-0.39, 0.29) is 0 Å². The first-order valence-electron chi connectivity index (χ1n) is 6.96. The number of hydrogen-bond acceptors (Lipinski definition) is 4. The number of methoxy groups -OCH3 is 1. The number of hydrogen-bond donors (Lipinski definition) is 1. The van der Waals surface area contributed by atoms with Gasteiger partial charge in [-0.25, -0.2) is 5.06 Å². The van der Waals surface area contributed by atoms with Crippen molar-refractivity contribution >= 4 is 5.57 Å². The number of nitrogens with zero attached hydrogens (tertiary/aromatic N) is 4. The minimum Gasteiger partial charge on any atom is -0.376 e. The Morgan fingerprint density at radius 2 is 2.09 bits per heavy atom. The molecule has 1 aliphatic rings. The predicted octanol–water partition coefficient (Wildman–Crippen LogP) is 4.14. The van der Waals surface area contributed by atoms with Crippen molar-refractivity contribution in [3.05, 3.63) is 76.5 Å². The summed E-state index contributed by atoms with van der Waals surface area (Å²) in [6, 6.07) is 6.43. The summed E-state index contributed by atoms with van der Waals surface area (Å²) < 4.78 is 18.3. The molecule has 1 heterocycles. The molecule has 1 N–H and O–H groups in total. The van der Waals surface area contributed by atoms with Crippen LogP contribution in [0.15, 0.2) is 60.0 Å². The smallest absolute Gasteiger partial charge is 0.101 e. The molecule has 120 valence electrons. The maximum Gasteiger partial charge on any atom is 0.101 e. The standard InChI is InChI=1S/C16H17FN4O2/c1-23-16(15(11-17)19-20-18)14-6-4-13(5-7-14)12-3-2-9-21(22)10-8-12/h2-10,15-16,22H,11H2,1H3/t15-,16-/m1/s1. The number of allylic oxidation sites excluding steroid dienone is 4. The van der Waals surface area contributed by atoms with Crippen LogP contribution in [-0.2, 0) is 4.74 Å². The Hall–Kier alpha value is -2.60. The van der Waals surface area contributed by atoms with Gasteiger partial charge in [-0.1, -0.05) is 35.5 Å². The monoisotopic (exact) mass is 316 g/mol. The van der Waals surface area contributed by atoms with Crippen molar-refractivity contribution in [1.82, 2.24) is 5.06 Å². The van der Waals surface area contributed by atoms with E-state index in [1.165, 1.54) is 19.5 Å². The minimum atomic E-state index is -0.904. The first-order valence-corrected chi connectivity index (χ1v) is 6.96. The molecule has 6 nitrogen and oxygen atoms in total.